The van der Waals surface area contributed by atoms with Gasteiger partial charge in [0.25, 0.3) is 11.8 Å². The molecule has 4 aromatic rings. The fraction of sp³-hybridized carbons (Fsp3) is 0.207. The third-order valence-electron chi connectivity index (χ3n) is 7.09. The number of rotatable bonds is 4. The first-order chi connectivity index (χ1) is 17.4. The van der Waals surface area contributed by atoms with E-state index < -0.39 is 22.7 Å². The lowest BCUT2D eigenvalue weighted by Gasteiger charge is -2.34. The van der Waals surface area contributed by atoms with Gasteiger partial charge in [-0.2, -0.15) is 0 Å². The fourth-order valence-electron chi connectivity index (χ4n) is 5.54. The van der Waals surface area contributed by atoms with Crippen molar-refractivity contribution in [1.29, 1.82) is 0 Å². The lowest BCUT2D eigenvalue weighted by molar-refractivity contribution is -0.126. The monoisotopic (exact) mass is 482 g/mol. The maximum atomic E-state index is 14.4. The van der Waals surface area contributed by atoms with Gasteiger partial charge in [0, 0.05) is 18.7 Å². The predicted octanol–water partition coefficient (Wildman–Crippen LogP) is 4.90. The van der Waals surface area contributed by atoms with Crippen LogP contribution in [0.25, 0.3) is 11.0 Å². The van der Waals surface area contributed by atoms with Crippen molar-refractivity contribution in [1.82, 2.24) is 4.90 Å². The minimum atomic E-state index is -1.68. The van der Waals surface area contributed by atoms with Gasteiger partial charge in [-0.15, -0.1) is 0 Å². The van der Waals surface area contributed by atoms with E-state index in [0.717, 1.165) is 5.56 Å². The van der Waals surface area contributed by atoms with Crippen LogP contribution in [0.3, 0.4) is 0 Å². The van der Waals surface area contributed by atoms with E-state index in [1.807, 2.05) is 32.0 Å². The molecule has 180 valence electrons. The average molecular weight is 483 g/mol. The van der Waals surface area contributed by atoms with Gasteiger partial charge in [-0.05, 0) is 49.2 Å². The molecule has 6 nitrogen and oxygen atoms in total. The largest absolute Gasteiger partial charge is 0.450 e. The zero-order chi connectivity index (χ0) is 25.2. The highest BCUT2D eigenvalue weighted by Gasteiger charge is 2.64. The summed E-state index contributed by atoms with van der Waals surface area (Å²) in [6.45, 7) is 4.27. The highest BCUT2D eigenvalue weighted by atomic mass is 19.1. The van der Waals surface area contributed by atoms with Crippen molar-refractivity contribution in [3.05, 3.63) is 111 Å². The van der Waals surface area contributed by atoms with Crippen molar-refractivity contribution in [2.24, 2.45) is 0 Å². The van der Waals surface area contributed by atoms with E-state index in [1.54, 1.807) is 41.3 Å². The summed E-state index contributed by atoms with van der Waals surface area (Å²) in [5, 5.41) is 0.323. The lowest BCUT2D eigenvalue weighted by atomic mass is 9.83. The number of hydrogen-bond acceptors (Lipinski definition) is 4. The van der Waals surface area contributed by atoms with Crippen LogP contribution >= 0.6 is 0 Å². The molecule has 1 atom stereocenters. The normalized spacial score (nSPS) is 18.4. The van der Waals surface area contributed by atoms with Gasteiger partial charge in [-0.3, -0.25) is 14.4 Å². The van der Waals surface area contributed by atoms with Gasteiger partial charge in [-0.1, -0.05) is 48.9 Å². The van der Waals surface area contributed by atoms with Crippen molar-refractivity contribution in [2.45, 2.75) is 32.4 Å². The fourth-order valence-corrected chi connectivity index (χ4v) is 5.54. The number of halogens is 1. The number of anilines is 1. The maximum absolute atomic E-state index is 14.4. The van der Waals surface area contributed by atoms with Crippen LogP contribution in [0.4, 0.5) is 10.1 Å². The molecule has 0 N–H and O–H groups in total. The topological polar surface area (TPSA) is 70.8 Å². The molecule has 36 heavy (non-hydrogen) atoms. The first-order valence-corrected chi connectivity index (χ1v) is 11.9. The van der Waals surface area contributed by atoms with Crippen LogP contribution in [0.5, 0.6) is 0 Å². The summed E-state index contributed by atoms with van der Waals surface area (Å²) < 4.78 is 19.7. The summed E-state index contributed by atoms with van der Waals surface area (Å²) in [5.74, 6) is -1.44. The second kappa shape index (κ2) is 7.88. The molecule has 1 spiro atoms. The van der Waals surface area contributed by atoms with E-state index in [1.165, 1.54) is 17.0 Å². The summed E-state index contributed by atoms with van der Waals surface area (Å²) in [4.78, 5) is 45.5. The lowest BCUT2D eigenvalue weighted by Crippen LogP contribution is -2.53. The zero-order valence-corrected chi connectivity index (χ0v) is 19.9. The molecule has 1 unspecified atom stereocenters. The van der Waals surface area contributed by atoms with E-state index in [4.69, 9.17) is 4.42 Å². The SMILES string of the molecule is CCCN1C(=O)C2(c3ccccc31)c1c(oc3ccc(C)cc3c1=O)C(=O)N2Cc1ccc(F)cc1. The van der Waals surface area contributed by atoms with Crippen LogP contribution in [-0.2, 0) is 16.9 Å². The Labute approximate surface area is 206 Å². The van der Waals surface area contributed by atoms with E-state index in [-0.39, 0.29) is 23.8 Å². The minimum Gasteiger partial charge on any atom is -0.450 e. The molecule has 0 saturated carbocycles. The van der Waals surface area contributed by atoms with Crippen molar-refractivity contribution >= 4 is 28.5 Å². The van der Waals surface area contributed by atoms with Crippen molar-refractivity contribution in [3.63, 3.8) is 0 Å². The highest BCUT2D eigenvalue weighted by Crippen LogP contribution is 2.53. The number of carbonyl (C=O) groups is 2. The van der Waals surface area contributed by atoms with E-state index in [2.05, 4.69) is 0 Å². The number of aryl methyl sites for hydroxylation is 1. The van der Waals surface area contributed by atoms with Crippen molar-refractivity contribution in [2.75, 3.05) is 11.4 Å². The first-order valence-electron chi connectivity index (χ1n) is 11.9. The van der Waals surface area contributed by atoms with E-state index in [0.29, 0.717) is 40.7 Å². The molecule has 0 radical (unpaired) electrons. The molecule has 2 aliphatic rings. The van der Waals surface area contributed by atoms with Gasteiger partial charge in [-0.25, -0.2) is 4.39 Å². The van der Waals surface area contributed by atoms with E-state index in [9.17, 15) is 18.8 Å². The number of amides is 2. The number of nitrogens with zero attached hydrogens (tertiary/aromatic N) is 2. The Morgan fingerprint density at radius 3 is 2.47 bits per heavy atom. The van der Waals surface area contributed by atoms with Crippen LogP contribution in [-0.4, -0.2) is 23.3 Å². The van der Waals surface area contributed by atoms with Crippen LogP contribution in [0, 0.1) is 12.7 Å². The van der Waals surface area contributed by atoms with Gasteiger partial charge >= 0.3 is 0 Å². The third-order valence-corrected chi connectivity index (χ3v) is 7.09. The number of fused-ring (bicyclic) bond motifs is 5. The molecule has 0 fully saturated rings. The van der Waals surface area contributed by atoms with Gasteiger partial charge in [0.05, 0.1) is 16.6 Å². The molecule has 0 bridgehead atoms. The summed E-state index contributed by atoms with van der Waals surface area (Å²) >= 11 is 0. The second-order valence-electron chi connectivity index (χ2n) is 9.34. The predicted molar refractivity (Wildman–Crippen MR) is 133 cm³/mol. The molecule has 0 saturated heterocycles. The molecular weight excluding hydrogens is 459 g/mol. The Morgan fingerprint density at radius 2 is 1.72 bits per heavy atom. The number of carbonyl (C=O) groups excluding carboxylic acids is 2. The summed E-state index contributed by atoms with van der Waals surface area (Å²) in [7, 11) is 0. The average Bonchev–Trinajstić information content (AvgIpc) is 3.26. The van der Waals surface area contributed by atoms with Crippen LogP contribution in [0.2, 0.25) is 0 Å². The maximum Gasteiger partial charge on any atom is 0.291 e. The molecule has 0 aliphatic carbocycles. The van der Waals surface area contributed by atoms with Crippen LogP contribution in [0.15, 0.2) is 75.9 Å². The molecule has 3 heterocycles. The Kier molecular flexibility index (Phi) is 4.86. The summed E-state index contributed by atoms with van der Waals surface area (Å²) in [5.41, 5.74) is 0.988. The quantitative estimate of drug-likeness (QED) is 0.415. The Balaban J connectivity index is 1.69. The van der Waals surface area contributed by atoms with Crippen LogP contribution < -0.4 is 10.3 Å². The number of para-hydroxylation sites is 1. The Hall–Kier alpha value is -4.26. The minimum absolute atomic E-state index is 0.00182. The molecule has 3 aromatic carbocycles. The summed E-state index contributed by atoms with van der Waals surface area (Å²) in [6.07, 6.45) is 0.695. The zero-order valence-electron chi connectivity index (χ0n) is 19.9. The number of hydrogen-bond donors (Lipinski definition) is 0. The summed E-state index contributed by atoms with van der Waals surface area (Å²) in [6, 6.07) is 18.2. The molecule has 2 aliphatic heterocycles. The molecule has 6 rings (SSSR count). The van der Waals surface area contributed by atoms with Crippen LogP contribution in [0.1, 0.15) is 46.2 Å². The van der Waals surface area contributed by atoms with Crippen molar-refractivity contribution in [3.8, 4) is 0 Å². The smallest absolute Gasteiger partial charge is 0.291 e. The molecular formula is C29H23FN2O4. The second-order valence-corrected chi connectivity index (χ2v) is 9.34. The Bertz CT molecular complexity index is 1630. The molecule has 2 amide bonds. The number of benzene rings is 3. The van der Waals surface area contributed by atoms with Gasteiger partial charge < -0.3 is 14.2 Å². The van der Waals surface area contributed by atoms with Crippen molar-refractivity contribution < 1.29 is 18.4 Å². The molecule has 7 heteroatoms. The van der Waals surface area contributed by atoms with Gasteiger partial charge in [0.2, 0.25) is 5.76 Å². The third kappa shape index (κ3) is 2.86. The molecule has 1 aromatic heterocycles. The highest BCUT2D eigenvalue weighted by molar-refractivity contribution is 6.17. The first kappa shape index (κ1) is 22.2. The van der Waals surface area contributed by atoms with E-state index >= 15 is 0 Å². The van der Waals surface area contributed by atoms with Gasteiger partial charge in [0.1, 0.15) is 11.4 Å². The Morgan fingerprint density at radius 1 is 0.972 bits per heavy atom. The standard InChI is InChI=1S/C29H23FN2O4/c1-3-14-31-22-7-5-4-6-21(22)29(28(31)35)24-25(33)20-15-17(2)8-13-23(20)36-26(24)27(34)32(29)16-18-9-11-19(30)12-10-18/h4-13,15H,3,14,16H2,1-2H3. The van der Waals surface area contributed by atoms with Gasteiger partial charge in [0.15, 0.2) is 11.0 Å².